The number of benzene rings is 1. The minimum atomic E-state index is -0.772. The van der Waals surface area contributed by atoms with Gasteiger partial charge in [0.2, 0.25) is 0 Å². The maximum atomic E-state index is 14.7. The number of aromatic nitrogens is 3. The van der Waals surface area contributed by atoms with E-state index >= 15 is 0 Å². The van der Waals surface area contributed by atoms with Gasteiger partial charge in [0.05, 0.1) is 19.0 Å². The Kier molecular flexibility index (Phi) is 6.92. The van der Waals surface area contributed by atoms with Gasteiger partial charge in [-0.2, -0.15) is 5.10 Å². The summed E-state index contributed by atoms with van der Waals surface area (Å²) in [6, 6.07) is 6.15. The van der Waals surface area contributed by atoms with E-state index in [4.69, 9.17) is 14.9 Å². The molecule has 0 bridgehead atoms. The maximum Gasteiger partial charge on any atom is 0.163 e. The summed E-state index contributed by atoms with van der Waals surface area (Å²) in [4.78, 5) is 3.99. The van der Waals surface area contributed by atoms with Crippen LogP contribution in [0.1, 0.15) is 25.0 Å². The molecule has 5 rings (SSSR count). The van der Waals surface area contributed by atoms with Crippen LogP contribution in [0.25, 0.3) is 22.4 Å². The van der Waals surface area contributed by atoms with Crippen LogP contribution in [0.15, 0.2) is 66.9 Å². The Bertz CT molecular complexity index is 1470. The van der Waals surface area contributed by atoms with E-state index in [2.05, 4.69) is 20.7 Å². The lowest BCUT2D eigenvalue weighted by Crippen LogP contribution is -2.26. The lowest BCUT2D eigenvalue weighted by Gasteiger charge is -2.19. The summed E-state index contributed by atoms with van der Waals surface area (Å²) in [7, 11) is 1.85. The highest BCUT2D eigenvalue weighted by molar-refractivity contribution is 6.11. The van der Waals surface area contributed by atoms with Crippen LogP contribution in [-0.4, -0.2) is 46.0 Å². The summed E-state index contributed by atoms with van der Waals surface area (Å²) in [5, 5.41) is 19.0. The van der Waals surface area contributed by atoms with Gasteiger partial charge in [-0.15, -0.1) is 0 Å². The Labute approximate surface area is 219 Å². The molecule has 2 aliphatic rings. The fourth-order valence-electron chi connectivity index (χ4n) is 4.40. The molecule has 196 valence electrons. The summed E-state index contributed by atoms with van der Waals surface area (Å²) in [6.07, 6.45) is 11.4. The highest BCUT2D eigenvalue weighted by Gasteiger charge is 2.32. The van der Waals surface area contributed by atoms with Crippen molar-refractivity contribution >= 4 is 23.0 Å². The van der Waals surface area contributed by atoms with Crippen molar-refractivity contribution in [1.29, 1.82) is 5.41 Å². The number of rotatable bonds is 7. The molecular weight excluding hydrogens is 490 g/mol. The van der Waals surface area contributed by atoms with E-state index in [9.17, 15) is 8.78 Å². The number of hydrogen-bond acceptors (Lipinski definition) is 7. The van der Waals surface area contributed by atoms with Crippen LogP contribution in [0.2, 0.25) is 0 Å². The van der Waals surface area contributed by atoms with Gasteiger partial charge < -0.3 is 25.5 Å². The molecule has 0 saturated carbocycles. The highest BCUT2D eigenvalue weighted by atomic mass is 19.1. The lowest BCUT2D eigenvalue weighted by molar-refractivity contribution is -0.136. The molecule has 8 nitrogen and oxygen atoms in total. The maximum absolute atomic E-state index is 14.7. The first-order chi connectivity index (χ1) is 18.2. The average Bonchev–Trinajstić information content (AvgIpc) is 3.48. The van der Waals surface area contributed by atoms with Gasteiger partial charge in [-0.3, -0.25) is 9.67 Å². The third kappa shape index (κ3) is 5.56. The minimum Gasteiger partial charge on any atom is -0.382 e. The van der Waals surface area contributed by atoms with Crippen molar-refractivity contribution in [3.8, 4) is 11.3 Å². The number of aryl methyl sites for hydroxylation is 1. The molecule has 38 heavy (non-hydrogen) atoms. The zero-order chi connectivity index (χ0) is 26.9. The third-order valence-corrected chi connectivity index (χ3v) is 6.21. The predicted molar refractivity (Wildman–Crippen MR) is 142 cm³/mol. The molecule has 1 fully saturated rings. The van der Waals surface area contributed by atoms with Gasteiger partial charge in [0, 0.05) is 71.9 Å². The molecule has 0 spiro atoms. The largest absolute Gasteiger partial charge is 0.382 e. The second kappa shape index (κ2) is 10.3. The van der Waals surface area contributed by atoms with E-state index in [1.807, 2.05) is 51.5 Å². The molecule has 2 aromatic heterocycles. The first-order valence-electron chi connectivity index (χ1n) is 12.1. The van der Waals surface area contributed by atoms with E-state index in [1.165, 1.54) is 6.21 Å². The highest BCUT2D eigenvalue weighted by Crippen LogP contribution is 2.31. The number of pyridine rings is 1. The second-order valence-corrected chi connectivity index (χ2v) is 9.57. The molecule has 1 atom stereocenters. The van der Waals surface area contributed by atoms with Crippen LogP contribution in [0.5, 0.6) is 0 Å². The van der Waals surface area contributed by atoms with Crippen LogP contribution in [0.4, 0.5) is 14.5 Å². The number of halogens is 2. The third-order valence-electron chi connectivity index (χ3n) is 6.21. The molecule has 10 heteroatoms. The zero-order valence-corrected chi connectivity index (χ0v) is 21.3. The normalized spacial score (nSPS) is 19.6. The average molecular weight is 519 g/mol. The van der Waals surface area contributed by atoms with Gasteiger partial charge in [-0.25, -0.2) is 8.78 Å². The summed E-state index contributed by atoms with van der Waals surface area (Å²) in [5.74, 6) is -2.18. The number of nitrogens with zero attached hydrogens (tertiary/aromatic N) is 3. The molecule has 2 aliphatic heterocycles. The van der Waals surface area contributed by atoms with Crippen molar-refractivity contribution in [3.63, 3.8) is 0 Å². The van der Waals surface area contributed by atoms with Crippen molar-refractivity contribution in [1.82, 2.24) is 20.1 Å². The second-order valence-electron chi connectivity index (χ2n) is 9.57. The van der Waals surface area contributed by atoms with Crippen LogP contribution >= 0.6 is 0 Å². The van der Waals surface area contributed by atoms with Crippen molar-refractivity contribution < 1.29 is 18.3 Å². The van der Waals surface area contributed by atoms with Crippen molar-refractivity contribution in [2.24, 2.45) is 7.05 Å². The Morgan fingerprint density at radius 1 is 1.21 bits per heavy atom. The molecule has 4 heterocycles. The lowest BCUT2D eigenvalue weighted by atomic mass is 9.97. The molecule has 3 aromatic rings. The number of anilines is 1. The number of nitrogens with one attached hydrogen (secondary N) is 3. The van der Waals surface area contributed by atoms with E-state index in [0.29, 0.717) is 41.2 Å². The zero-order valence-electron chi connectivity index (χ0n) is 21.3. The minimum absolute atomic E-state index is 0.0121. The van der Waals surface area contributed by atoms with Gasteiger partial charge in [0.1, 0.15) is 17.6 Å². The van der Waals surface area contributed by atoms with Crippen LogP contribution < -0.4 is 10.6 Å². The smallest absolute Gasteiger partial charge is 0.163 e. The van der Waals surface area contributed by atoms with Gasteiger partial charge in [-0.05, 0) is 43.7 Å². The molecular formula is C28H28F2N6O2. The fraction of sp³-hybridized carbons (Fsp3) is 0.250. The molecule has 0 radical (unpaired) electrons. The number of hydrogen-bond donors (Lipinski definition) is 3. The standard InChI is InChI=1S/C28H28F2N6O2/c1-28(2)37-16-23(38-28)14-32-22-7-18(6-19(8-22)27-25(30)9-21(29)13-34-27)24(10-31)26-5-4-17(11-33-26)20-12-35-36(3)15-20/h4-13,15,23,31-33H,14,16H2,1-3H3/b26-24+,31-10?. The fourth-order valence-corrected chi connectivity index (χ4v) is 4.40. The number of allylic oxidation sites excluding steroid dienone is 4. The van der Waals surface area contributed by atoms with Gasteiger partial charge in [0.25, 0.3) is 0 Å². The molecule has 0 aliphatic carbocycles. The van der Waals surface area contributed by atoms with E-state index in [-0.39, 0.29) is 11.8 Å². The number of ether oxygens (including phenoxy) is 2. The van der Waals surface area contributed by atoms with Gasteiger partial charge in [-0.1, -0.05) is 6.08 Å². The number of dihydropyridines is 1. The Balaban J connectivity index is 1.49. The summed E-state index contributed by atoms with van der Waals surface area (Å²) in [6.45, 7) is 4.61. The first-order valence-corrected chi connectivity index (χ1v) is 12.1. The SMILES string of the molecule is Cn1cc(C2=CN/C(=C(\C=N)c3cc(NCC4COC(C)(C)O4)cc(-c4ncc(F)cc4F)c3)C=C2)cn1. The molecule has 1 saturated heterocycles. The van der Waals surface area contributed by atoms with Crippen LogP contribution in [0.3, 0.4) is 0 Å². The summed E-state index contributed by atoms with van der Waals surface area (Å²) < 4.78 is 41.5. The predicted octanol–water partition coefficient (Wildman–Crippen LogP) is 4.88. The van der Waals surface area contributed by atoms with E-state index in [0.717, 1.165) is 23.4 Å². The van der Waals surface area contributed by atoms with Crippen molar-refractivity contribution in [3.05, 3.63) is 89.7 Å². The molecule has 0 amide bonds. The summed E-state index contributed by atoms with van der Waals surface area (Å²) >= 11 is 0. The molecule has 1 unspecified atom stereocenters. The van der Waals surface area contributed by atoms with Crippen LogP contribution in [-0.2, 0) is 16.5 Å². The Hall–Kier alpha value is -4.15. The Morgan fingerprint density at radius 2 is 2.05 bits per heavy atom. The van der Waals surface area contributed by atoms with Gasteiger partial charge in [0.15, 0.2) is 11.6 Å². The van der Waals surface area contributed by atoms with Crippen molar-refractivity contribution in [2.45, 2.75) is 25.7 Å². The summed E-state index contributed by atoms with van der Waals surface area (Å²) in [5.41, 5.74) is 4.95. The first kappa shape index (κ1) is 25.5. The van der Waals surface area contributed by atoms with Crippen molar-refractivity contribution in [2.75, 3.05) is 18.5 Å². The van der Waals surface area contributed by atoms with Gasteiger partial charge >= 0.3 is 0 Å². The van der Waals surface area contributed by atoms with E-state index < -0.39 is 17.4 Å². The quantitative estimate of drug-likeness (QED) is 0.386. The Morgan fingerprint density at radius 3 is 2.68 bits per heavy atom. The van der Waals surface area contributed by atoms with Crippen LogP contribution in [0, 0.1) is 17.0 Å². The van der Waals surface area contributed by atoms with E-state index in [1.54, 1.807) is 23.0 Å². The molecule has 3 N–H and O–H groups in total. The topological polar surface area (TPSA) is 97.1 Å². The molecule has 1 aromatic carbocycles. The monoisotopic (exact) mass is 518 g/mol.